The van der Waals surface area contributed by atoms with Crippen LogP contribution < -0.4 is 10.1 Å². The number of benzene rings is 2. The molecule has 0 saturated carbocycles. The summed E-state index contributed by atoms with van der Waals surface area (Å²) in [6.07, 6.45) is 1.79. The number of anilines is 1. The Morgan fingerprint density at radius 3 is 2.75 bits per heavy atom. The molecule has 0 spiro atoms. The van der Waals surface area contributed by atoms with Crippen molar-refractivity contribution in [1.29, 1.82) is 0 Å². The molecule has 7 heteroatoms. The molecule has 1 N–H and O–H groups in total. The number of nitrogens with zero attached hydrogens (tertiary/aromatic N) is 1. The summed E-state index contributed by atoms with van der Waals surface area (Å²) in [5.74, 6) is -0.964. The first-order valence-electron chi connectivity index (χ1n) is 7.50. The van der Waals surface area contributed by atoms with Gasteiger partial charge in [0.2, 0.25) is 0 Å². The zero-order valence-corrected chi connectivity index (χ0v) is 13.1. The fourth-order valence-corrected chi connectivity index (χ4v) is 2.02. The van der Waals surface area contributed by atoms with Crippen molar-refractivity contribution in [3.8, 4) is 5.75 Å². The number of para-hydroxylation sites is 1. The molecule has 126 valence electrons. The fraction of sp³-hybridized carbons (Fsp3) is 0.235. The van der Waals surface area contributed by atoms with Crippen LogP contribution in [0.1, 0.15) is 30.1 Å². The predicted octanol–water partition coefficient (Wildman–Crippen LogP) is 4.17. The van der Waals surface area contributed by atoms with Gasteiger partial charge in [-0.25, -0.2) is 4.39 Å². The molecule has 0 radical (unpaired) electrons. The lowest BCUT2D eigenvalue weighted by Crippen LogP contribution is -2.15. The highest BCUT2D eigenvalue weighted by Gasteiger charge is 2.16. The van der Waals surface area contributed by atoms with E-state index < -0.39 is 16.6 Å². The Bertz CT molecular complexity index is 749. The highest BCUT2D eigenvalue weighted by molar-refractivity contribution is 6.06. The van der Waals surface area contributed by atoms with Crippen molar-refractivity contribution in [2.75, 3.05) is 11.9 Å². The van der Waals surface area contributed by atoms with Crippen molar-refractivity contribution >= 4 is 17.3 Å². The van der Waals surface area contributed by atoms with Crippen LogP contribution in [0.5, 0.6) is 5.75 Å². The largest absolute Gasteiger partial charge is 0.493 e. The summed E-state index contributed by atoms with van der Waals surface area (Å²) in [5.41, 5.74) is -0.323. The van der Waals surface area contributed by atoms with E-state index in [2.05, 4.69) is 5.32 Å². The average Bonchev–Trinajstić information content (AvgIpc) is 2.57. The van der Waals surface area contributed by atoms with Crippen molar-refractivity contribution < 1.29 is 18.8 Å². The van der Waals surface area contributed by atoms with E-state index in [1.807, 2.05) is 6.92 Å². The van der Waals surface area contributed by atoms with Gasteiger partial charge in [0, 0.05) is 12.1 Å². The molecule has 0 aliphatic carbocycles. The molecule has 0 aliphatic heterocycles. The van der Waals surface area contributed by atoms with E-state index in [-0.39, 0.29) is 16.9 Å². The van der Waals surface area contributed by atoms with Crippen molar-refractivity contribution in [1.82, 2.24) is 0 Å². The summed E-state index contributed by atoms with van der Waals surface area (Å²) in [7, 11) is 0. The summed E-state index contributed by atoms with van der Waals surface area (Å²) in [6.45, 7) is 2.49. The first kappa shape index (κ1) is 17.4. The summed E-state index contributed by atoms with van der Waals surface area (Å²) in [4.78, 5) is 22.5. The zero-order chi connectivity index (χ0) is 17.5. The highest BCUT2D eigenvalue weighted by Crippen LogP contribution is 2.24. The van der Waals surface area contributed by atoms with Gasteiger partial charge in [0.25, 0.3) is 11.6 Å². The first-order chi connectivity index (χ1) is 11.5. The van der Waals surface area contributed by atoms with Crippen LogP contribution in [-0.4, -0.2) is 17.4 Å². The van der Waals surface area contributed by atoms with Crippen LogP contribution in [0.25, 0.3) is 0 Å². The molecule has 1 amide bonds. The number of hydrogen-bond donors (Lipinski definition) is 1. The second-order valence-electron chi connectivity index (χ2n) is 5.07. The standard InChI is InChI=1S/C17H17FN2O4/c1-2-3-10-24-16-7-5-4-6-13(16)17(21)19-15-11-12(20(22)23)8-9-14(15)18/h4-9,11H,2-3,10H2,1H3,(H,19,21). The Balaban J connectivity index is 2.21. The summed E-state index contributed by atoms with van der Waals surface area (Å²) >= 11 is 0. The normalized spacial score (nSPS) is 10.2. The third kappa shape index (κ3) is 4.28. The molecule has 24 heavy (non-hydrogen) atoms. The van der Waals surface area contributed by atoms with Crippen molar-refractivity contribution in [3.05, 3.63) is 64.0 Å². The Morgan fingerprint density at radius 2 is 2.04 bits per heavy atom. The van der Waals surface area contributed by atoms with Gasteiger partial charge in [0.05, 0.1) is 22.8 Å². The van der Waals surface area contributed by atoms with Crippen LogP contribution in [-0.2, 0) is 0 Å². The van der Waals surface area contributed by atoms with Crippen LogP contribution >= 0.6 is 0 Å². The number of halogens is 1. The van der Waals surface area contributed by atoms with E-state index in [1.54, 1.807) is 24.3 Å². The Kier molecular flexibility index (Phi) is 5.83. The predicted molar refractivity (Wildman–Crippen MR) is 87.9 cm³/mol. The smallest absolute Gasteiger partial charge is 0.271 e. The monoisotopic (exact) mass is 332 g/mol. The number of nitrogens with one attached hydrogen (secondary N) is 1. The summed E-state index contributed by atoms with van der Waals surface area (Å²) in [5, 5.41) is 13.1. The maximum atomic E-state index is 13.8. The van der Waals surface area contributed by atoms with Gasteiger partial charge in [-0.15, -0.1) is 0 Å². The number of amides is 1. The number of nitro benzene ring substituents is 1. The molecule has 0 fully saturated rings. The van der Waals surface area contributed by atoms with Gasteiger partial charge in [0.1, 0.15) is 11.6 Å². The van der Waals surface area contributed by atoms with Gasteiger partial charge in [-0.05, 0) is 24.6 Å². The Hall–Kier alpha value is -2.96. The number of hydrogen-bond acceptors (Lipinski definition) is 4. The molecule has 0 atom stereocenters. The molecular weight excluding hydrogens is 315 g/mol. The molecule has 2 aromatic carbocycles. The molecule has 0 aliphatic rings. The lowest BCUT2D eigenvalue weighted by atomic mass is 10.1. The van der Waals surface area contributed by atoms with E-state index in [1.165, 1.54) is 0 Å². The fourth-order valence-electron chi connectivity index (χ4n) is 2.02. The van der Waals surface area contributed by atoms with Crippen molar-refractivity contribution in [2.45, 2.75) is 19.8 Å². The van der Waals surface area contributed by atoms with Gasteiger partial charge < -0.3 is 10.1 Å². The van der Waals surface area contributed by atoms with Crippen LogP contribution in [0.15, 0.2) is 42.5 Å². The number of nitro groups is 1. The maximum Gasteiger partial charge on any atom is 0.271 e. The minimum atomic E-state index is -0.752. The first-order valence-corrected chi connectivity index (χ1v) is 7.50. The Labute approximate surface area is 138 Å². The number of rotatable bonds is 7. The lowest BCUT2D eigenvalue weighted by molar-refractivity contribution is -0.384. The van der Waals surface area contributed by atoms with Crippen molar-refractivity contribution in [2.24, 2.45) is 0 Å². The molecule has 2 aromatic rings. The van der Waals surface area contributed by atoms with Crippen molar-refractivity contribution in [3.63, 3.8) is 0 Å². The summed E-state index contributed by atoms with van der Waals surface area (Å²) < 4.78 is 19.4. The number of unbranched alkanes of at least 4 members (excludes halogenated alkanes) is 1. The minimum Gasteiger partial charge on any atom is -0.493 e. The molecule has 0 bridgehead atoms. The van der Waals surface area contributed by atoms with E-state index in [0.717, 1.165) is 31.0 Å². The van der Waals surface area contributed by atoms with E-state index in [0.29, 0.717) is 12.4 Å². The molecule has 6 nitrogen and oxygen atoms in total. The third-order valence-corrected chi connectivity index (χ3v) is 3.30. The van der Waals surface area contributed by atoms with Gasteiger partial charge in [0.15, 0.2) is 0 Å². The second-order valence-corrected chi connectivity index (χ2v) is 5.07. The molecule has 2 rings (SSSR count). The lowest BCUT2D eigenvalue weighted by Gasteiger charge is -2.11. The topological polar surface area (TPSA) is 81.5 Å². The zero-order valence-electron chi connectivity index (χ0n) is 13.1. The van der Waals surface area contributed by atoms with Gasteiger partial charge in [-0.1, -0.05) is 25.5 Å². The maximum absolute atomic E-state index is 13.8. The second kappa shape index (κ2) is 8.05. The average molecular weight is 332 g/mol. The van der Waals surface area contributed by atoms with Crippen LogP contribution in [0, 0.1) is 15.9 Å². The van der Waals surface area contributed by atoms with E-state index >= 15 is 0 Å². The minimum absolute atomic E-state index is 0.236. The van der Waals surface area contributed by atoms with Crippen LogP contribution in [0.2, 0.25) is 0 Å². The molecule has 0 aromatic heterocycles. The van der Waals surface area contributed by atoms with E-state index in [9.17, 15) is 19.3 Å². The van der Waals surface area contributed by atoms with Gasteiger partial charge in [-0.3, -0.25) is 14.9 Å². The van der Waals surface area contributed by atoms with Crippen LogP contribution in [0.4, 0.5) is 15.8 Å². The number of non-ortho nitro benzene ring substituents is 1. The molecular formula is C17H17FN2O4. The van der Waals surface area contributed by atoms with Crippen LogP contribution in [0.3, 0.4) is 0 Å². The molecule has 0 unspecified atom stereocenters. The highest BCUT2D eigenvalue weighted by atomic mass is 19.1. The van der Waals surface area contributed by atoms with Gasteiger partial charge in [-0.2, -0.15) is 0 Å². The number of ether oxygens (including phenoxy) is 1. The Morgan fingerprint density at radius 1 is 1.29 bits per heavy atom. The summed E-state index contributed by atoms with van der Waals surface area (Å²) in [6, 6.07) is 9.54. The van der Waals surface area contributed by atoms with E-state index in [4.69, 9.17) is 4.74 Å². The SMILES string of the molecule is CCCCOc1ccccc1C(=O)Nc1cc([N+](=O)[O-])ccc1F. The molecule has 0 heterocycles. The molecule has 0 saturated heterocycles. The quantitative estimate of drug-likeness (QED) is 0.469. The number of carbonyl (C=O) groups excluding carboxylic acids is 1. The third-order valence-electron chi connectivity index (χ3n) is 3.30. The van der Waals surface area contributed by atoms with Gasteiger partial charge >= 0.3 is 0 Å². The number of carbonyl (C=O) groups is 1.